The first kappa shape index (κ1) is 17.6. The molecule has 6 nitrogen and oxygen atoms in total. The van der Waals surface area contributed by atoms with Crippen molar-refractivity contribution in [2.75, 3.05) is 54.0 Å². The number of piperazine rings is 1. The van der Waals surface area contributed by atoms with E-state index in [0.29, 0.717) is 18.8 Å². The maximum atomic E-state index is 14.0. The van der Waals surface area contributed by atoms with Crippen molar-refractivity contribution in [3.8, 4) is 0 Å². The number of para-hydroxylation sites is 1. The first-order valence-electron chi connectivity index (χ1n) is 9.18. The Balaban J connectivity index is 1.39. The van der Waals surface area contributed by atoms with Gasteiger partial charge in [0.15, 0.2) is 0 Å². The van der Waals surface area contributed by atoms with E-state index in [-0.39, 0.29) is 18.0 Å². The third kappa shape index (κ3) is 3.55. The molecule has 0 aliphatic carbocycles. The number of nitrogens with zero attached hydrogens (tertiary/aromatic N) is 3. The summed E-state index contributed by atoms with van der Waals surface area (Å²) in [7, 11) is 0. The number of carbonyl (C=O) groups is 1. The van der Waals surface area contributed by atoms with Crippen LogP contribution in [0.15, 0.2) is 48.5 Å². The van der Waals surface area contributed by atoms with Crippen LogP contribution in [0.1, 0.15) is 0 Å². The summed E-state index contributed by atoms with van der Waals surface area (Å²) in [5.41, 5.74) is 8.15. The van der Waals surface area contributed by atoms with Crippen molar-refractivity contribution < 1.29 is 13.9 Å². The number of ether oxygens (including phenoxy) is 1. The zero-order chi connectivity index (χ0) is 18.8. The minimum absolute atomic E-state index is 0.177. The Morgan fingerprint density at radius 1 is 0.963 bits per heavy atom. The predicted octanol–water partition coefficient (Wildman–Crippen LogP) is 2.44. The van der Waals surface area contributed by atoms with E-state index in [9.17, 15) is 9.18 Å². The van der Waals surface area contributed by atoms with Crippen LogP contribution in [0.2, 0.25) is 0 Å². The highest BCUT2D eigenvalue weighted by molar-refractivity contribution is 5.90. The Labute approximate surface area is 157 Å². The second kappa shape index (κ2) is 7.44. The van der Waals surface area contributed by atoms with Gasteiger partial charge in [-0.2, -0.15) is 0 Å². The molecule has 2 fully saturated rings. The first-order chi connectivity index (χ1) is 13.2. The van der Waals surface area contributed by atoms with Gasteiger partial charge in [0.05, 0.1) is 12.2 Å². The smallest absolute Gasteiger partial charge is 0.414 e. The Bertz CT molecular complexity index is 806. The van der Waals surface area contributed by atoms with E-state index < -0.39 is 0 Å². The van der Waals surface area contributed by atoms with Crippen LogP contribution in [0.5, 0.6) is 0 Å². The Morgan fingerprint density at radius 3 is 2.22 bits per heavy atom. The van der Waals surface area contributed by atoms with Gasteiger partial charge in [-0.25, -0.2) is 9.18 Å². The van der Waals surface area contributed by atoms with Crippen LogP contribution in [-0.4, -0.2) is 51.5 Å². The average molecular weight is 370 g/mol. The lowest BCUT2D eigenvalue weighted by Gasteiger charge is -2.37. The lowest BCUT2D eigenvalue weighted by atomic mass is 10.2. The van der Waals surface area contributed by atoms with E-state index in [1.807, 2.05) is 36.4 Å². The fourth-order valence-electron chi connectivity index (χ4n) is 3.61. The number of halogens is 1. The van der Waals surface area contributed by atoms with Gasteiger partial charge in [0.2, 0.25) is 0 Å². The van der Waals surface area contributed by atoms with Crippen LogP contribution in [0.4, 0.5) is 26.2 Å². The van der Waals surface area contributed by atoms with Crippen molar-refractivity contribution >= 4 is 23.2 Å². The first-order valence-corrected chi connectivity index (χ1v) is 9.18. The van der Waals surface area contributed by atoms with E-state index in [1.165, 1.54) is 6.07 Å². The Hall–Kier alpha value is -2.80. The monoisotopic (exact) mass is 370 g/mol. The molecule has 0 radical (unpaired) electrons. The van der Waals surface area contributed by atoms with Crippen LogP contribution in [-0.2, 0) is 4.74 Å². The number of hydrogen-bond donors (Lipinski definition) is 1. The van der Waals surface area contributed by atoms with Crippen molar-refractivity contribution in [2.45, 2.75) is 6.10 Å². The lowest BCUT2D eigenvalue weighted by Crippen LogP contribution is -2.46. The summed E-state index contributed by atoms with van der Waals surface area (Å²) < 4.78 is 19.2. The number of amides is 1. The number of nitrogens with two attached hydrogens (primary N) is 1. The summed E-state index contributed by atoms with van der Waals surface area (Å²) in [4.78, 5) is 17.9. The number of benzene rings is 2. The van der Waals surface area contributed by atoms with Crippen LogP contribution in [0.3, 0.4) is 0 Å². The Morgan fingerprint density at radius 2 is 1.59 bits per heavy atom. The second-order valence-electron chi connectivity index (χ2n) is 6.79. The number of carbonyl (C=O) groups excluding carboxylic acids is 1. The zero-order valence-corrected chi connectivity index (χ0v) is 15.1. The lowest BCUT2D eigenvalue weighted by molar-refractivity contribution is 0.145. The van der Waals surface area contributed by atoms with Gasteiger partial charge < -0.3 is 20.3 Å². The molecule has 2 saturated heterocycles. The molecule has 1 amide bonds. The van der Waals surface area contributed by atoms with Crippen molar-refractivity contribution in [3.63, 3.8) is 0 Å². The maximum Gasteiger partial charge on any atom is 0.414 e. The average Bonchev–Trinajstić information content (AvgIpc) is 3.09. The van der Waals surface area contributed by atoms with Crippen LogP contribution in [0.25, 0.3) is 0 Å². The summed E-state index contributed by atoms with van der Waals surface area (Å²) in [6.07, 6.45) is -0.597. The quantitative estimate of drug-likeness (QED) is 0.896. The topological polar surface area (TPSA) is 62.0 Å². The van der Waals surface area contributed by atoms with Crippen LogP contribution >= 0.6 is 0 Å². The molecular formula is C20H23FN4O2. The minimum atomic E-state index is -0.350. The van der Waals surface area contributed by atoms with E-state index in [1.54, 1.807) is 11.0 Å². The van der Waals surface area contributed by atoms with Crippen molar-refractivity contribution in [1.82, 2.24) is 0 Å². The summed E-state index contributed by atoms with van der Waals surface area (Å²) in [5, 5.41) is 0. The molecule has 7 heteroatoms. The standard InChI is InChI=1S/C20H23FN4O2/c21-18-3-1-2-4-19(18)24-11-9-23(10-12-24)15-5-7-16(8-6-15)25-14-17(13-22)27-20(25)26/h1-8,17H,9-14,22H2/t17-/m0/s1. The summed E-state index contributed by atoms with van der Waals surface area (Å²) in [6, 6.07) is 14.8. The number of anilines is 3. The maximum absolute atomic E-state index is 14.0. The highest BCUT2D eigenvalue weighted by Gasteiger charge is 2.31. The van der Waals surface area contributed by atoms with Gasteiger partial charge in [-0.05, 0) is 36.4 Å². The molecule has 2 aliphatic rings. The summed E-state index contributed by atoms with van der Waals surface area (Å²) in [6.45, 7) is 3.96. The molecule has 0 bridgehead atoms. The van der Waals surface area contributed by atoms with E-state index in [2.05, 4.69) is 9.80 Å². The molecule has 4 rings (SSSR count). The molecule has 142 valence electrons. The van der Waals surface area contributed by atoms with Gasteiger partial charge >= 0.3 is 6.09 Å². The fraction of sp³-hybridized carbons (Fsp3) is 0.350. The molecule has 0 aromatic heterocycles. The molecule has 2 aromatic rings. The molecule has 2 heterocycles. The van der Waals surface area contributed by atoms with E-state index >= 15 is 0 Å². The van der Waals surface area contributed by atoms with Crippen molar-refractivity contribution in [2.24, 2.45) is 5.73 Å². The highest BCUT2D eigenvalue weighted by atomic mass is 19.1. The van der Waals surface area contributed by atoms with Gasteiger partial charge in [-0.3, -0.25) is 4.90 Å². The number of hydrogen-bond acceptors (Lipinski definition) is 5. The summed E-state index contributed by atoms with van der Waals surface area (Å²) in [5.74, 6) is -0.177. The number of rotatable bonds is 4. The molecule has 1 atom stereocenters. The van der Waals surface area contributed by atoms with E-state index in [0.717, 1.165) is 37.6 Å². The van der Waals surface area contributed by atoms with Crippen molar-refractivity contribution in [3.05, 3.63) is 54.3 Å². The van der Waals surface area contributed by atoms with Gasteiger partial charge in [-0.15, -0.1) is 0 Å². The summed E-state index contributed by atoms with van der Waals surface area (Å²) >= 11 is 0. The zero-order valence-electron chi connectivity index (χ0n) is 15.1. The second-order valence-corrected chi connectivity index (χ2v) is 6.79. The molecule has 2 aliphatic heterocycles. The largest absolute Gasteiger partial charge is 0.443 e. The van der Waals surface area contributed by atoms with Gasteiger partial charge in [0, 0.05) is 44.1 Å². The van der Waals surface area contributed by atoms with Gasteiger partial charge in [0.25, 0.3) is 0 Å². The molecule has 27 heavy (non-hydrogen) atoms. The molecule has 0 saturated carbocycles. The number of cyclic esters (lactones) is 1. The molecule has 0 unspecified atom stereocenters. The molecule has 2 aromatic carbocycles. The molecule has 0 spiro atoms. The molecular weight excluding hydrogens is 347 g/mol. The minimum Gasteiger partial charge on any atom is -0.443 e. The van der Waals surface area contributed by atoms with E-state index in [4.69, 9.17) is 10.5 Å². The third-order valence-electron chi connectivity index (χ3n) is 5.14. The Kier molecular flexibility index (Phi) is 4.85. The third-order valence-corrected chi connectivity index (χ3v) is 5.14. The van der Waals surface area contributed by atoms with Crippen LogP contribution < -0.4 is 20.4 Å². The SMILES string of the molecule is NC[C@H]1CN(c2ccc(N3CCN(c4ccccc4F)CC3)cc2)C(=O)O1. The van der Waals surface area contributed by atoms with Gasteiger partial charge in [-0.1, -0.05) is 12.1 Å². The normalized spacial score (nSPS) is 20.1. The molecule has 2 N–H and O–H groups in total. The predicted molar refractivity (Wildman–Crippen MR) is 104 cm³/mol. The fourth-order valence-corrected chi connectivity index (χ4v) is 3.61. The van der Waals surface area contributed by atoms with Gasteiger partial charge in [0.1, 0.15) is 11.9 Å². The highest BCUT2D eigenvalue weighted by Crippen LogP contribution is 2.26. The van der Waals surface area contributed by atoms with Crippen molar-refractivity contribution in [1.29, 1.82) is 0 Å². The van der Waals surface area contributed by atoms with Crippen LogP contribution in [0, 0.1) is 5.82 Å².